The predicted molar refractivity (Wildman–Crippen MR) is 80.5 cm³/mol. The molecule has 8 heteroatoms. The van der Waals surface area contributed by atoms with E-state index in [9.17, 15) is 10.1 Å². The highest BCUT2D eigenvalue weighted by Crippen LogP contribution is 2.40. The molecular formula is C12H12BrN3O3S. The summed E-state index contributed by atoms with van der Waals surface area (Å²) in [6, 6.07) is 4.76. The summed E-state index contributed by atoms with van der Waals surface area (Å²) in [6.07, 6.45) is 0.890. The van der Waals surface area contributed by atoms with Crippen LogP contribution in [0.25, 0.3) is 10.6 Å². The van der Waals surface area contributed by atoms with E-state index in [-0.39, 0.29) is 16.3 Å². The Morgan fingerprint density at radius 1 is 1.50 bits per heavy atom. The Labute approximate surface area is 128 Å². The maximum atomic E-state index is 11.0. The first kappa shape index (κ1) is 14.9. The van der Waals surface area contributed by atoms with Gasteiger partial charge in [-0.25, -0.2) is 0 Å². The molecule has 1 aromatic carbocycles. The molecule has 6 nitrogen and oxygen atoms in total. The van der Waals surface area contributed by atoms with E-state index in [2.05, 4.69) is 26.1 Å². The minimum atomic E-state index is -0.469. The average molecular weight is 358 g/mol. The van der Waals surface area contributed by atoms with Gasteiger partial charge in [0.2, 0.25) is 5.75 Å². The van der Waals surface area contributed by atoms with E-state index in [1.807, 2.05) is 6.92 Å². The number of nitrogens with zero attached hydrogens (tertiary/aromatic N) is 3. The van der Waals surface area contributed by atoms with Crippen LogP contribution in [-0.4, -0.2) is 22.2 Å². The van der Waals surface area contributed by atoms with Crippen LogP contribution in [0.3, 0.4) is 0 Å². The third kappa shape index (κ3) is 2.80. The molecule has 1 heterocycles. The van der Waals surface area contributed by atoms with Crippen molar-refractivity contribution in [2.45, 2.75) is 18.2 Å². The SMILES string of the molecule is CCC(Br)c1nnc(-c2cccc([N+](=O)[O-])c2OC)s1. The van der Waals surface area contributed by atoms with Crippen molar-refractivity contribution in [3.8, 4) is 16.3 Å². The van der Waals surface area contributed by atoms with E-state index in [0.717, 1.165) is 11.4 Å². The topological polar surface area (TPSA) is 78.2 Å². The molecule has 0 aliphatic carbocycles. The van der Waals surface area contributed by atoms with E-state index in [1.165, 1.54) is 24.5 Å². The Morgan fingerprint density at radius 3 is 2.85 bits per heavy atom. The number of alkyl halides is 1. The fourth-order valence-corrected chi connectivity index (χ4v) is 2.99. The lowest BCUT2D eigenvalue weighted by Gasteiger charge is -2.05. The van der Waals surface area contributed by atoms with Gasteiger partial charge in [0.15, 0.2) is 5.01 Å². The molecule has 0 bridgehead atoms. The van der Waals surface area contributed by atoms with Gasteiger partial charge in [0, 0.05) is 6.07 Å². The van der Waals surface area contributed by atoms with Crippen molar-refractivity contribution in [2.75, 3.05) is 7.11 Å². The first-order chi connectivity index (χ1) is 9.58. The number of ether oxygens (including phenoxy) is 1. The minimum Gasteiger partial charge on any atom is -0.490 e. The minimum absolute atomic E-state index is 0.0763. The molecular weight excluding hydrogens is 346 g/mol. The van der Waals surface area contributed by atoms with Crippen LogP contribution in [-0.2, 0) is 0 Å². The zero-order chi connectivity index (χ0) is 14.7. The second kappa shape index (κ2) is 6.27. The van der Waals surface area contributed by atoms with Crippen molar-refractivity contribution in [1.82, 2.24) is 10.2 Å². The normalized spacial score (nSPS) is 12.2. The molecule has 0 fully saturated rings. The Bertz CT molecular complexity index is 632. The van der Waals surface area contributed by atoms with E-state index in [1.54, 1.807) is 12.1 Å². The van der Waals surface area contributed by atoms with Gasteiger partial charge < -0.3 is 4.74 Å². The van der Waals surface area contributed by atoms with Gasteiger partial charge in [-0.05, 0) is 12.5 Å². The molecule has 0 amide bonds. The standard InChI is InChI=1S/C12H12BrN3O3S/c1-3-8(13)12-15-14-11(20-12)7-5-4-6-9(16(17)18)10(7)19-2/h4-6,8H,3H2,1-2H3. The number of para-hydroxylation sites is 1. The summed E-state index contributed by atoms with van der Waals surface area (Å²) >= 11 is 4.91. The number of benzene rings is 1. The van der Waals surface area contributed by atoms with Gasteiger partial charge in [0.05, 0.1) is 22.4 Å². The molecule has 1 unspecified atom stereocenters. The van der Waals surface area contributed by atoms with Crippen LogP contribution in [0, 0.1) is 10.1 Å². The molecule has 0 N–H and O–H groups in total. The Hall–Kier alpha value is -1.54. The van der Waals surface area contributed by atoms with E-state index in [0.29, 0.717) is 10.6 Å². The second-order valence-corrected chi connectivity index (χ2v) is 6.05. The number of methoxy groups -OCH3 is 1. The quantitative estimate of drug-likeness (QED) is 0.459. The Kier molecular flexibility index (Phi) is 4.66. The smallest absolute Gasteiger partial charge is 0.311 e. The maximum Gasteiger partial charge on any atom is 0.311 e. The molecule has 0 saturated heterocycles. The van der Waals surface area contributed by atoms with Crippen LogP contribution in [0.1, 0.15) is 23.2 Å². The van der Waals surface area contributed by atoms with Gasteiger partial charge in [0.1, 0.15) is 5.01 Å². The van der Waals surface area contributed by atoms with E-state index >= 15 is 0 Å². The summed E-state index contributed by atoms with van der Waals surface area (Å²) in [4.78, 5) is 10.7. The lowest BCUT2D eigenvalue weighted by molar-refractivity contribution is -0.385. The fourth-order valence-electron chi connectivity index (χ4n) is 1.70. The Balaban J connectivity index is 2.50. The van der Waals surface area contributed by atoms with Gasteiger partial charge in [-0.15, -0.1) is 10.2 Å². The summed E-state index contributed by atoms with van der Waals surface area (Å²) < 4.78 is 5.17. The lowest BCUT2D eigenvalue weighted by Crippen LogP contribution is -1.95. The van der Waals surface area contributed by atoms with Gasteiger partial charge in [-0.2, -0.15) is 0 Å². The predicted octanol–water partition coefficient (Wildman–Crippen LogP) is 3.97. The summed E-state index contributed by atoms with van der Waals surface area (Å²) in [7, 11) is 1.41. The fraction of sp³-hybridized carbons (Fsp3) is 0.333. The van der Waals surface area contributed by atoms with Crippen LogP contribution in [0.15, 0.2) is 18.2 Å². The molecule has 106 valence electrons. The Morgan fingerprint density at radius 2 is 2.25 bits per heavy atom. The van der Waals surface area contributed by atoms with Crippen molar-refractivity contribution in [3.05, 3.63) is 33.3 Å². The molecule has 0 aliphatic heterocycles. The van der Waals surface area contributed by atoms with Crippen LogP contribution in [0.2, 0.25) is 0 Å². The third-order valence-electron chi connectivity index (χ3n) is 2.69. The van der Waals surface area contributed by atoms with Crippen LogP contribution in [0.5, 0.6) is 5.75 Å². The number of nitro groups is 1. The van der Waals surface area contributed by atoms with Gasteiger partial charge in [0.25, 0.3) is 0 Å². The third-order valence-corrected chi connectivity index (χ3v) is 5.15. The number of hydrogen-bond acceptors (Lipinski definition) is 6. The molecule has 0 aliphatic rings. The molecule has 1 aromatic heterocycles. The van der Waals surface area contributed by atoms with Crippen molar-refractivity contribution in [1.29, 1.82) is 0 Å². The first-order valence-corrected chi connectivity index (χ1v) is 7.61. The molecule has 0 radical (unpaired) electrons. The number of nitro benzene ring substituents is 1. The summed E-state index contributed by atoms with van der Waals surface area (Å²) in [5.41, 5.74) is 0.508. The monoisotopic (exact) mass is 357 g/mol. The lowest BCUT2D eigenvalue weighted by atomic mass is 10.2. The number of aromatic nitrogens is 2. The molecule has 0 spiro atoms. The highest BCUT2D eigenvalue weighted by Gasteiger charge is 2.22. The first-order valence-electron chi connectivity index (χ1n) is 5.87. The van der Waals surface area contributed by atoms with Crippen LogP contribution in [0.4, 0.5) is 5.69 Å². The molecule has 2 rings (SSSR count). The molecule has 0 saturated carbocycles. The van der Waals surface area contributed by atoms with Crippen molar-refractivity contribution < 1.29 is 9.66 Å². The summed E-state index contributed by atoms with van der Waals surface area (Å²) in [5.74, 6) is 0.211. The highest BCUT2D eigenvalue weighted by atomic mass is 79.9. The van der Waals surface area contributed by atoms with Gasteiger partial charge in [-0.1, -0.05) is 40.3 Å². The largest absolute Gasteiger partial charge is 0.490 e. The number of hydrogen-bond donors (Lipinski definition) is 0. The van der Waals surface area contributed by atoms with Crippen molar-refractivity contribution >= 4 is 33.0 Å². The van der Waals surface area contributed by atoms with Crippen molar-refractivity contribution in [3.63, 3.8) is 0 Å². The highest BCUT2D eigenvalue weighted by molar-refractivity contribution is 9.09. The number of rotatable bonds is 5. The number of halogens is 1. The second-order valence-electron chi connectivity index (χ2n) is 3.94. The van der Waals surface area contributed by atoms with Gasteiger partial charge >= 0.3 is 5.69 Å². The average Bonchev–Trinajstić information content (AvgIpc) is 2.95. The molecule has 20 heavy (non-hydrogen) atoms. The van der Waals surface area contributed by atoms with Crippen LogP contribution >= 0.6 is 27.3 Å². The zero-order valence-electron chi connectivity index (χ0n) is 10.9. The summed E-state index contributed by atoms with van der Waals surface area (Å²) in [6.45, 7) is 2.04. The van der Waals surface area contributed by atoms with Crippen LogP contribution < -0.4 is 4.74 Å². The summed E-state index contributed by atoms with van der Waals surface area (Å²) in [5, 5.41) is 20.7. The van der Waals surface area contributed by atoms with E-state index < -0.39 is 4.92 Å². The molecule has 1 atom stereocenters. The zero-order valence-corrected chi connectivity index (χ0v) is 13.3. The van der Waals surface area contributed by atoms with E-state index in [4.69, 9.17) is 4.74 Å². The van der Waals surface area contributed by atoms with Gasteiger partial charge in [-0.3, -0.25) is 10.1 Å². The maximum absolute atomic E-state index is 11.0. The molecule has 2 aromatic rings. The van der Waals surface area contributed by atoms with Crippen molar-refractivity contribution in [2.24, 2.45) is 0 Å².